The topological polar surface area (TPSA) is 49.3 Å². The molecule has 1 fully saturated rings. The van der Waals surface area contributed by atoms with Gasteiger partial charge in [0.2, 0.25) is 5.91 Å². The Morgan fingerprint density at radius 2 is 1.69 bits per heavy atom. The van der Waals surface area contributed by atoms with Gasteiger partial charge in [0.1, 0.15) is 0 Å². The molecule has 0 heterocycles. The molecule has 1 aromatic carbocycles. The predicted octanol–water partition coefficient (Wildman–Crippen LogP) is 4.14. The van der Waals surface area contributed by atoms with Crippen molar-refractivity contribution in [2.75, 3.05) is 13.2 Å². The van der Waals surface area contributed by atoms with Gasteiger partial charge in [0, 0.05) is 18.0 Å². The molecule has 1 unspecified atom stereocenters. The molecule has 2 N–H and O–H groups in total. The molecule has 3 rings (SSSR count). The third-order valence-corrected chi connectivity index (χ3v) is 6.04. The number of carbonyl (C=O) groups is 1. The zero-order valence-corrected chi connectivity index (χ0v) is 15.2. The lowest BCUT2D eigenvalue weighted by molar-refractivity contribution is -0.348. The summed E-state index contributed by atoms with van der Waals surface area (Å²) in [4.78, 5) is 12.3. The second kappa shape index (κ2) is 7.45. The lowest BCUT2D eigenvalue weighted by Crippen LogP contribution is -2.50. The van der Waals surface area contributed by atoms with Crippen LogP contribution in [0.3, 0.4) is 0 Å². The van der Waals surface area contributed by atoms with Gasteiger partial charge < -0.3 is 10.4 Å². The number of benzene rings is 1. The van der Waals surface area contributed by atoms with Gasteiger partial charge in [-0.2, -0.15) is 26.3 Å². The maximum Gasteiger partial charge on any atom is 0.435 e. The van der Waals surface area contributed by atoms with E-state index < -0.39 is 23.6 Å². The first-order chi connectivity index (χ1) is 13.4. The first-order valence-corrected chi connectivity index (χ1v) is 9.26. The Bertz CT molecular complexity index is 761. The molecule has 0 spiro atoms. The second-order valence-corrected chi connectivity index (χ2v) is 7.58. The molecule has 2 aliphatic carbocycles. The Kier molecular flexibility index (Phi) is 5.61. The number of hydrogen-bond donors (Lipinski definition) is 2. The molecule has 0 radical (unpaired) electrons. The van der Waals surface area contributed by atoms with Crippen LogP contribution in [-0.2, 0) is 16.9 Å². The molecule has 0 saturated heterocycles. The minimum absolute atomic E-state index is 0.0904. The van der Waals surface area contributed by atoms with E-state index in [-0.39, 0.29) is 48.8 Å². The lowest BCUT2D eigenvalue weighted by atomic mass is 9.73. The molecule has 1 aromatic rings. The Morgan fingerprint density at radius 1 is 1.03 bits per heavy atom. The minimum Gasteiger partial charge on any atom is -0.395 e. The zero-order valence-electron chi connectivity index (χ0n) is 15.2. The number of alkyl halides is 7. The van der Waals surface area contributed by atoms with Crippen LogP contribution in [0, 0.1) is 11.8 Å². The van der Waals surface area contributed by atoms with Crippen molar-refractivity contribution in [3.8, 4) is 0 Å². The van der Waals surface area contributed by atoms with Crippen molar-refractivity contribution < 1.29 is 40.6 Å². The summed E-state index contributed by atoms with van der Waals surface area (Å²) < 4.78 is 92.4. The number of aliphatic hydroxyl groups excluding tert-OH is 1. The summed E-state index contributed by atoms with van der Waals surface area (Å²) in [6.45, 7) is -0.0955. The quantitative estimate of drug-likeness (QED) is 0.710. The summed E-state index contributed by atoms with van der Waals surface area (Å²) in [6.07, 6.45) is -10.6. The summed E-state index contributed by atoms with van der Waals surface area (Å²) in [7, 11) is 0. The van der Waals surface area contributed by atoms with E-state index in [4.69, 9.17) is 5.11 Å². The molecule has 0 aromatic heterocycles. The number of nitrogens with one attached hydrogen (secondary N) is 1. The van der Waals surface area contributed by atoms with E-state index in [1.165, 1.54) is 0 Å². The van der Waals surface area contributed by atoms with Gasteiger partial charge in [-0.25, -0.2) is 4.39 Å². The fraction of sp³-hybridized carbons (Fsp3) is 0.632. The van der Waals surface area contributed by atoms with Gasteiger partial charge >= 0.3 is 18.0 Å². The normalized spacial score (nSPS) is 24.8. The lowest BCUT2D eigenvalue weighted by Gasteiger charge is -2.34. The van der Waals surface area contributed by atoms with Gasteiger partial charge in [-0.05, 0) is 48.6 Å². The van der Waals surface area contributed by atoms with Crippen LogP contribution >= 0.6 is 0 Å². The number of carbonyl (C=O) groups excluding carboxylic acids is 1. The fourth-order valence-corrected chi connectivity index (χ4v) is 4.70. The second-order valence-electron chi connectivity index (χ2n) is 7.58. The largest absolute Gasteiger partial charge is 0.435 e. The number of hydrogen-bond acceptors (Lipinski definition) is 2. The highest BCUT2D eigenvalue weighted by atomic mass is 19.4. The molecule has 1 saturated carbocycles. The number of rotatable bonds is 4. The van der Waals surface area contributed by atoms with Crippen LogP contribution < -0.4 is 5.32 Å². The predicted molar refractivity (Wildman–Crippen MR) is 88.7 cm³/mol. The highest BCUT2D eigenvalue weighted by molar-refractivity contribution is 5.79. The Labute approximate surface area is 162 Å². The highest BCUT2D eigenvalue weighted by Crippen LogP contribution is 2.55. The van der Waals surface area contributed by atoms with Crippen LogP contribution in [0.25, 0.3) is 0 Å². The number of amides is 1. The third-order valence-electron chi connectivity index (χ3n) is 6.04. The average molecular weight is 427 g/mol. The minimum atomic E-state index is -6.14. The van der Waals surface area contributed by atoms with Crippen molar-refractivity contribution in [2.24, 2.45) is 11.8 Å². The molecule has 0 aliphatic heterocycles. The molecule has 2 aliphatic rings. The molecule has 162 valence electrons. The van der Waals surface area contributed by atoms with Crippen LogP contribution in [0.5, 0.6) is 0 Å². The first-order valence-electron chi connectivity index (χ1n) is 9.26. The molecular formula is C19H20F7NO2. The van der Waals surface area contributed by atoms with E-state index in [1.54, 1.807) is 0 Å². The van der Waals surface area contributed by atoms with Gasteiger partial charge in [-0.1, -0.05) is 18.2 Å². The Balaban J connectivity index is 1.91. The third kappa shape index (κ3) is 3.60. The van der Waals surface area contributed by atoms with Crippen molar-refractivity contribution in [1.82, 2.24) is 5.32 Å². The van der Waals surface area contributed by atoms with Crippen molar-refractivity contribution in [2.45, 2.75) is 49.6 Å². The van der Waals surface area contributed by atoms with E-state index >= 15 is 0 Å². The van der Waals surface area contributed by atoms with Crippen LogP contribution in [-0.4, -0.2) is 36.5 Å². The van der Waals surface area contributed by atoms with E-state index in [9.17, 15) is 35.5 Å². The fourth-order valence-electron chi connectivity index (χ4n) is 4.70. The van der Waals surface area contributed by atoms with Crippen molar-refractivity contribution in [1.29, 1.82) is 0 Å². The first kappa shape index (κ1) is 21.9. The van der Waals surface area contributed by atoms with Crippen LogP contribution in [0.15, 0.2) is 18.2 Å². The highest BCUT2D eigenvalue weighted by Gasteiger charge is 2.73. The summed E-state index contributed by atoms with van der Waals surface area (Å²) in [5.41, 5.74) is -6.07. The maximum atomic E-state index is 14.3. The molecular weight excluding hydrogens is 407 g/mol. The van der Waals surface area contributed by atoms with E-state index in [2.05, 4.69) is 5.32 Å². The van der Waals surface area contributed by atoms with Gasteiger partial charge in [-0.15, -0.1) is 0 Å². The average Bonchev–Trinajstić information content (AvgIpc) is 3.07. The van der Waals surface area contributed by atoms with Crippen LogP contribution in [0.4, 0.5) is 30.7 Å². The van der Waals surface area contributed by atoms with E-state index in [1.807, 2.05) is 0 Å². The van der Waals surface area contributed by atoms with Gasteiger partial charge in [0.25, 0.3) is 0 Å². The number of aryl methyl sites for hydroxylation is 1. The summed E-state index contributed by atoms with van der Waals surface area (Å²) in [5.74, 6) is -0.815. The van der Waals surface area contributed by atoms with Crippen molar-refractivity contribution in [3.63, 3.8) is 0 Å². The molecule has 3 atom stereocenters. The molecule has 10 heteroatoms. The van der Waals surface area contributed by atoms with Crippen molar-refractivity contribution >= 4 is 5.91 Å². The Hall–Kier alpha value is -1.84. The van der Waals surface area contributed by atoms with Gasteiger partial charge in [0.05, 0.1) is 6.61 Å². The number of fused-ring (bicyclic) bond motifs is 3. The van der Waals surface area contributed by atoms with Crippen molar-refractivity contribution in [3.05, 3.63) is 34.9 Å². The molecule has 29 heavy (non-hydrogen) atoms. The summed E-state index contributed by atoms with van der Waals surface area (Å²) >= 11 is 0. The zero-order chi connectivity index (χ0) is 21.6. The standard InChI is InChI=1S/C19H20F7NO2/c20-17(18(21,22)23,19(24,25)26)11-2-4-12-10(9-11)1-3-14-13(12)5-6-15(14)16(29)27-7-8-28/h2,4,9,13-15,28H,1,3,5-8H2,(H,27,29)/t13-,14?,15+/m0/s1. The number of halogens is 7. The monoisotopic (exact) mass is 427 g/mol. The van der Waals surface area contributed by atoms with E-state index in [0.29, 0.717) is 37.0 Å². The summed E-state index contributed by atoms with van der Waals surface area (Å²) in [5, 5.41) is 11.4. The summed E-state index contributed by atoms with van der Waals surface area (Å²) in [6, 6.07) is 2.37. The maximum absolute atomic E-state index is 14.3. The number of aliphatic hydroxyl groups is 1. The smallest absolute Gasteiger partial charge is 0.395 e. The Morgan fingerprint density at radius 3 is 2.28 bits per heavy atom. The van der Waals surface area contributed by atoms with E-state index in [0.717, 1.165) is 6.07 Å². The molecule has 0 bridgehead atoms. The van der Waals surface area contributed by atoms with Crippen LogP contribution in [0.1, 0.15) is 41.9 Å². The molecule has 1 amide bonds. The SMILES string of the molecule is O=C(NCCO)[C@@H]1CC[C@H]2c3ccc(C(F)(C(F)(F)F)C(F)(F)F)cc3CCC12. The van der Waals surface area contributed by atoms with Gasteiger partial charge in [0.15, 0.2) is 0 Å². The van der Waals surface area contributed by atoms with Crippen LogP contribution in [0.2, 0.25) is 0 Å². The van der Waals surface area contributed by atoms with Gasteiger partial charge in [-0.3, -0.25) is 4.79 Å². The molecule has 3 nitrogen and oxygen atoms in total.